The van der Waals surface area contributed by atoms with Crippen LogP contribution in [0.2, 0.25) is 0 Å². The first-order chi connectivity index (χ1) is 8.12. The van der Waals surface area contributed by atoms with E-state index in [0.29, 0.717) is 0 Å². The lowest BCUT2D eigenvalue weighted by atomic mass is 9.81. The normalized spacial score (nSPS) is 21.1. The Labute approximate surface area is 106 Å². The number of hydrogen-bond acceptors (Lipinski definition) is 1. The Bertz CT molecular complexity index is 379. The zero-order valence-electron chi connectivity index (χ0n) is 11.8. The average Bonchev–Trinajstić information content (AvgIpc) is 2.69. The number of nitrogens with zero attached hydrogens (tertiary/aromatic N) is 1. The lowest BCUT2D eigenvalue weighted by Crippen LogP contribution is -2.24. The largest absolute Gasteiger partial charge is 0.309 e. The third kappa shape index (κ3) is 3.19. The molecule has 0 amide bonds. The van der Waals surface area contributed by atoms with Gasteiger partial charge in [-0.15, -0.1) is 0 Å². The van der Waals surface area contributed by atoms with Crippen LogP contribution >= 0.6 is 0 Å². The minimum Gasteiger partial charge on any atom is -0.309 e. The van der Waals surface area contributed by atoms with E-state index in [1.165, 1.54) is 17.5 Å². The Morgan fingerprint density at radius 3 is 2.41 bits per heavy atom. The lowest BCUT2D eigenvalue weighted by molar-refractivity contribution is 0.361. The van der Waals surface area contributed by atoms with Crippen molar-refractivity contribution in [3.05, 3.63) is 41.5 Å². The Morgan fingerprint density at radius 1 is 1.12 bits per heavy atom. The Balaban J connectivity index is 0.000000686. The third-order valence-corrected chi connectivity index (χ3v) is 3.29. The Hall–Kier alpha value is -1.08. The fraction of sp³-hybridized carbons (Fsp3) is 0.500. The number of rotatable bonds is 3. The highest BCUT2D eigenvalue weighted by Crippen LogP contribution is 2.38. The van der Waals surface area contributed by atoms with Crippen LogP contribution in [0.5, 0.6) is 0 Å². The highest BCUT2D eigenvalue weighted by atomic mass is 15.0. The Kier molecular flexibility index (Phi) is 4.95. The van der Waals surface area contributed by atoms with Crippen LogP contribution in [-0.4, -0.2) is 25.5 Å². The van der Waals surface area contributed by atoms with Crippen molar-refractivity contribution in [3.8, 4) is 0 Å². The molecule has 1 nitrogen and oxygen atoms in total. The number of benzene rings is 1. The third-order valence-electron chi connectivity index (χ3n) is 3.29. The lowest BCUT2D eigenvalue weighted by Gasteiger charge is -2.26. The molecule has 0 N–H and O–H groups in total. The summed E-state index contributed by atoms with van der Waals surface area (Å²) in [5.41, 5.74) is 3.10. The van der Waals surface area contributed by atoms with E-state index in [0.717, 1.165) is 6.54 Å². The summed E-state index contributed by atoms with van der Waals surface area (Å²) in [5.74, 6) is 0. The van der Waals surface area contributed by atoms with Gasteiger partial charge in [-0.3, -0.25) is 0 Å². The van der Waals surface area contributed by atoms with Crippen molar-refractivity contribution < 1.29 is 0 Å². The van der Waals surface area contributed by atoms with Gasteiger partial charge in [0.1, 0.15) is 0 Å². The zero-order chi connectivity index (χ0) is 12.9. The molecule has 0 saturated heterocycles. The molecule has 94 valence electrons. The summed E-state index contributed by atoms with van der Waals surface area (Å²) in [4.78, 5) is 2.25. The summed E-state index contributed by atoms with van der Waals surface area (Å²) in [6, 6.07) is 8.71. The highest BCUT2D eigenvalue weighted by Gasteiger charge is 2.28. The molecule has 0 aliphatic heterocycles. The van der Waals surface area contributed by atoms with Gasteiger partial charge >= 0.3 is 0 Å². The first-order valence-corrected chi connectivity index (χ1v) is 6.55. The number of fused-ring (bicyclic) bond motifs is 1. The van der Waals surface area contributed by atoms with Gasteiger partial charge in [-0.1, -0.05) is 57.2 Å². The molecule has 1 heteroatoms. The molecule has 1 aromatic carbocycles. The summed E-state index contributed by atoms with van der Waals surface area (Å²) in [6.45, 7) is 7.47. The molecule has 2 rings (SSSR count). The summed E-state index contributed by atoms with van der Waals surface area (Å²) >= 11 is 0. The maximum Gasteiger partial charge on any atom is 0.0125 e. The quantitative estimate of drug-likeness (QED) is 0.761. The molecule has 1 aliphatic carbocycles. The summed E-state index contributed by atoms with van der Waals surface area (Å²) in [7, 11) is 4.27. The maximum absolute atomic E-state index is 2.35. The minimum atomic E-state index is 0.237. The molecule has 0 saturated carbocycles. The van der Waals surface area contributed by atoms with E-state index >= 15 is 0 Å². The molecular weight excluding hydrogens is 206 g/mol. The van der Waals surface area contributed by atoms with Crippen LogP contribution in [0.25, 0.3) is 6.08 Å². The molecule has 1 atom stereocenters. The second-order valence-corrected chi connectivity index (χ2v) is 4.89. The zero-order valence-corrected chi connectivity index (χ0v) is 11.8. The van der Waals surface area contributed by atoms with Crippen molar-refractivity contribution in [1.82, 2.24) is 4.90 Å². The fourth-order valence-electron chi connectivity index (χ4n) is 2.20. The van der Waals surface area contributed by atoms with Gasteiger partial charge in [0.25, 0.3) is 0 Å². The van der Waals surface area contributed by atoms with Gasteiger partial charge < -0.3 is 4.90 Å². The molecule has 0 spiro atoms. The highest BCUT2D eigenvalue weighted by molar-refractivity contribution is 5.64. The minimum absolute atomic E-state index is 0.237. The van der Waals surface area contributed by atoms with Crippen molar-refractivity contribution in [1.29, 1.82) is 0 Å². The monoisotopic (exact) mass is 231 g/mol. The van der Waals surface area contributed by atoms with E-state index in [4.69, 9.17) is 0 Å². The van der Waals surface area contributed by atoms with Crippen LogP contribution in [0, 0.1) is 0 Å². The van der Waals surface area contributed by atoms with Crippen LogP contribution in [0.3, 0.4) is 0 Å². The van der Waals surface area contributed by atoms with Gasteiger partial charge in [0.05, 0.1) is 0 Å². The maximum atomic E-state index is 2.35. The number of hydrogen-bond donors (Lipinski definition) is 0. The molecular formula is C16H25N. The van der Waals surface area contributed by atoms with Crippen molar-refractivity contribution >= 4 is 6.08 Å². The van der Waals surface area contributed by atoms with Gasteiger partial charge in [0, 0.05) is 5.41 Å². The molecule has 0 bridgehead atoms. The molecule has 0 radical (unpaired) electrons. The van der Waals surface area contributed by atoms with Crippen molar-refractivity contribution in [3.63, 3.8) is 0 Å². The standard InChI is InChI=1S/C14H19N.C2H6/c1-14(10-11-15(2)3)9-8-12-6-4-5-7-13(12)14;1-2/h4-9H,10-11H2,1-3H3;1-2H3. The SMILES string of the molecule is CC.CN(C)CCC1(C)C=Cc2ccccc21. The molecule has 0 fully saturated rings. The van der Waals surface area contributed by atoms with E-state index in [1.54, 1.807) is 0 Å². The van der Waals surface area contributed by atoms with Crippen LogP contribution in [0.4, 0.5) is 0 Å². The second kappa shape index (κ2) is 6.02. The summed E-state index contributed by atoms with van der Waals surface area (Å²) in [5, 5.41) is 0. The molecule has 1 unspecified atom stereocenters. The molecule has 17 heavy (non-hydrogen) atoms. The van der Waals surface area contributed by atoms with Crippen LogP contribution in [0.1, 0.15) is 38.3 Å². The van der Waals surface area contributed by atoms with Crippen LogP contribution in [-0.2, 0) is 5.41 Å². The summed E-state index contributed by atoms with van der Waals surface area (Å²) < 4.78 is 0. The van der Waals surface area contributed by atoms with Gasteiger partial charge in [-0.25, -0.2) is 0 Å². The van der Waals surface area contributed by atoms with E-state index < -0.39 is 0 Å². The van der Waals surface area contributed by atoms with Crippen LogP contribution in [0.15, 0.2) is 30.3 Å². The molecule has 0 aromatic heterocycles. The number of allylic oxidation sites excluding steroid dienone is 1. The Morgan fingerprint density at radius 2 is 1.76 bits per heavy atom. The van der Waals surface area contributed by atoms with Gasteiger partial charge in [0.15, 0.2) is 0 Å². The fourth-order valence-corrected chi connectivity index (χ4v) is 2.20. The second-order valence-electron chi connectivity index (χ2n) is 4.89. The van der Waals surface area contributed by atoms with Crippen LogP contribution < -0.4 is 0 Å². The smallest absolute Gasteiger partial charge is 0.0125 e. The van der Waals surface area contributed by atoms with E-state index in [9.17, 15) is 0 Å². The van der Waals surface area contributed by atoms with E-state index in [1.807, 2.05) is 13.8 Å². The van der Waals surface area contributed by atoms with Gasteiger partial charge in [-0.2, -0.15) is 0 Å². The first-order valence-electron chi connectivity index (χ1n) is 6.55. The topological polar surface area (TPSA) is 3.24 Å². The molecule has 0 heterocycles. The average molecular weight is 231 g/mol. The van der Waals surface area contributed by atoms with E-state index in [-0.39, 0.29) is 5.41 Å². The molecule has 1 aromatic rings. The molecule has 1 aliphatic rings. The van der Waals surface area contributed by atoms with Gasteiger partial charge in [-0.05, 0) is 38.2 Å². The van der Waals surface area contributed by atoms with Crippen molar-refractivity contribution in [2.75, 3.05) is 20.6 Å². The first kappa shape index (κ1) is 14.0. The van der Waals surface area contributed by atoms with Gasteiger partial charge in [0.2, 0.25) is 0 Å². The van der Waals surface area contributed by atoms with Crippen molar-refractivity contribution in [2.24, 2.45) is 0 Å². The van der Waals surface area contributed by atoms with Crippen molar-refractivity contribution in [2.45, 2.75) is 32.6 Å². The summed E-state index contributed by atoms with van der Waals surface area (Å²) in [6.07, 6.45) is 5.79. The van der Waals surface area contributed by atoms with E-state index in [2.05, 4.69) is 62.3 Å². The predicted molar refractivity (Wildman–Crippen MR) is 77.3 cm³/mol. The predicted octanol–water partition coefficient (Wildman–Crippen LogP) is 3.95.